The lowest BCUT2D eigenvalue weighted by molar-refractivity contribution is 0.523. The van der Waals surface area contributed by atoms with Gasteiger partial charge < -0.3 is 5.32 Å². The van der Waals surface area contributed by atoms with Crippen molar-refractivity contribution in [2.75, 3.05) is 17.7 Å². The van der Waals surface area contributed by atoms with Crippen molar-refractivity contribution in [3.05, 3.63) is 18.3 Å². The molecule has 1 fully saturated rings. The molecule has 0 amide bonds. The zero-order valence-electron chi connectivity index (χ0n) is 8.04. The average molecular weight is 212 g/mol. The molecular formula is C10H14ClN3. The van der Waals surface area contributed by atoms with E-state index in [0.29, 0.717) is 5.41 Å². The number of aromatic nitrogens is 2. The Kier molecular flexibility index (Phi) is 2.87. The maximum atomic E-state index is 5.75. The highest BCUT2D eigenvalue weighted by molar-refractivity contribution is 6.17. The van der Waals surface area contributed by atoms with Crippen LogP contribution in [0.25, 0.3) is 0 Å². The Labute approximate surface area is 88.9 Å². The molecule has 4 heteroatoms. The summed E-state index contributed by atoms with van der Waals surface area (Å²) in [5.74, 6) is 1.61. The maximum absolute atomic E-state index is 5.75. The van der Waals surface area contributed by atoms with Gasteiger partial charge in [0.1, 0.15) is 5.82 Å². The van der Waals surface area contributed by atoms with E-state index in [2.05, 4.69) is 15.5 Å². The van der Waals surface area contributed by atoms with Crippen molar-refractivity contribution in [3.63, 3.8) is 0 Å². The van der Waals surface area contributed by atoms with E-state index in [9.17, 15) is 0 Å². The van der Waals surface area contributed by atoms with Gasteiger partial charge in [-0.3, -0.25) is 0 Å². The number of nitrogens with one attached hydrogen (secondary N) is 1. The zero-order valence-corrected chi connectivity index (χ0v) is 8.80. The van der Waals surface area contributed by atoms with Crippen molar-refractivity contribution in [3.8, 4) is 0 Å². The molecule has 1 aromatic heterocycles. The molecule has 1 heterocycles. The molecule has 0 aliphatic heterocycles. The second kappa shape index (κ2) is 4.13. The summed E-state index contributed by atoms with van der Waals surface area (Å²) in [6.45, 7) is 0.971. The average Bonchev–Trinajstić information content (AvgIpc) is 2.98. The molecule has 1 N–H and O–H groups in total. The summed E-state index contributed by atoms with van der Waals surface area (Å²) in [6, 6.07) is 3.82. The standard InChI is InChI=1S/C10H14ClN3/c11-6-5-10(3-4-10)8-12-9-2-1-7-13-14-9/h1-2,7H,3-6,8H2,(H,12,14). The topological polar surface area (TPSA) is 37.8 Å². The second-order valence-electron chi connectivity index (χ2n) is 3.90. The maximum Gasteiger partial charge on any atom is 0.148 e. The van der Waals surface area contributed by atoms with Gasteiger partial charge in [0, 0.05) is 18.6 Å². The summed E-state index contributed by atoms with van der Waals surface area (Å²) in [5, 5.41) is 11.1. The van der Waals surface area contributed by atoms with Crippen molar-refractivity contribution in [2.45, 2.75) is 19.3 Å². The molecule has 0 atom stereocenters. The van der Waals surface area contributed by atoms with Gasteiger partial charge in [-0.2, -0.15) is 5.10 Å². The molecular weight excluding hydrogens is 198 g/mol. The molecule has 2 rings (SSSR count). The molecule has 1 saturated carbocycles. The van der Waals surface area contributed by atoms with Crippen molar-refractivity contribution in [2.24, 2.45) is 5.41 Å². The number of alkyl halides is 1. The Morgan fingerprint density at radius 1 is 1.50 bits per heavy atom. The molecule has 0 saturated heterocycles. The molecule has 1 aromatic rings. The molecule has 1 aliphatic rings. The number of nitrogens with zero attached hydrogens (tertiary/aromatic N) is 2. The van der Waals surface area contributed by atoms with Crippen molar-refractivity contribution < 1.29 is 0 Å². The van der Waals surface area contributed by atoms with E-state index in [4.69, 9.17) is 11.6 Å². The van der Waals surface area contributed by atoms with Crippen molar-refractivity contribution in [1.82, 2.24) is 10.2 Å². The first-order chi connectivity index (χ1) is 6.85. The van der Waals surface area contributed by atoms with Gasteiger partial charge in [0.2, 0.25) is 0 Å². The van der Waals surface area contributed by atoms with E-state index in [-0.39, 0.29) is 0 Å². The monoisotopic (exact) mass is 211 g/mol. The van der Waals surface area contributed by atoms with Crippen molar-refractivity contribution >= 4 is 17.4 Å². The van der Waals surface area contributed by atoms with Gasteiger partial charge in [-0.05, 0) is 36.8 Å². The van der Waals surface area contributed by atoms with Crippen LogP contribution in [0.2, 0.25) is 0 Å². The predicted octanol–water partition coefficient (Wildman–Crippen LogP) is 2.30. The van der Waals surface area contributed by atoms with Crippen LogP contribution in [0.5, 0.6) is 0 Å². The highest BCUT2D eigenvalue weighted by atomic mass is 35.5. The molecule has 0 aromatic carbocycles. The summed E-state index contributed by atoms with van der Waals surface area (Å²) >= 11 is 5.75. The van der Waals surface area contributed by atoms with Crippen LogP contribution in [0.3, 0.4) is 0 Å². The first-order valence-corrected chi connectivity index (χ1v) is 5.46. The van der Waals surface area contributed by atoms with Gasteiger partial charge in [0.15, 0.2) is 0 Å². The summed E-state index contributed by atoms with van der Waals surface area (Å²) in [7, 11) is 0. The Morgan fingerprint density at radius 3 is 2.93 bits per heavy atom. The Bertz CT molecular complexity index is 285. The zero-order chi connectivity index (χ0) is 9.86. The van der Waals surface area contributed by atoms with E-state index >= 15 is 0 Å². The van der Waals surface area contributed by atoms with Gasteiger partial charge in [0.25, 0.3) is 0 Å². The molecule has 14 heavy (non-hydrogen) atoms. The van der Waals surface area contributed by atoms with E-state index < -0.39 is 0 Å². The lowest BCUT2D eigenvalue weighted by Crippen LogP contribution is -2.16. The number of anilines is 1. The van der Waals surface area contributed by atoms with E-state index in [1.54, 1.807) is 6.20 Å². The summed E-state index contributed by atoms with van der Waals surface area (Å²) in [4.78, 5) is 0. The van der Waals surface area contributed by atoms with Crippen LogP contribution < -0.4 is 5.32 Å². The number of hydrogen-bond donors (Lipinski definition) is 1. The van der Waals surface area contributed by atoms with Crippen LogP contribution in [0, 0.1) is 5.41 Å². The van der Waals surface area contributed by atoms with Crippen LogP contribution in [-0.2, 0) is 0 Å². The minimum atomic E-state index is 0.444. The van der Waals surface area contributed by atoms with Crippen LogP contribution in [0.15, 0.2) is 18.3 Å². The van der Waals surface area contributed by atoms with E-state index in [1.165, 1.54) is 12.8 Å². The fourth-order valence-corrected chi connectivity index (χ4v) is 1.97. The summed E-state index contributed by atoms with van der Waals surface area (Å²) < 4.78 is 0. The number of hydrogen-bond acceptors (Lipinski definition) is 3. The minimum Gasteiger partial charge on any atom is -0.368 e. The Balaban J connectivity index is 1.83. The first-order valence-electron chi connectivity index (χ1n) is 4.92. The highest BCUT2D eigenvalue weighted by Crippen LogP contribution is 2.48. The van der Waals surface area contributed by atoms with Crippen LogP contribution in [0.4, 0.5) is 5.82 Å². The third-order valence-corrected chi connectivity index (χ3v) is 2.99. The molecule has 0 bridgehead atoms. The third kappa shape index (κ3) is 2.35. The van der Waals surface area contributed by atoms with E-state index in [1.807, 2.05) is 12.1 Å². The number of halogens is 1. The normalized spacial score (nSPS) is 17.8. The Morgan fingerprint density at radius 2 is 2.36 bits per heavy atom. The molecule has 76 valence electrons. The van der Waals surface area contributed by atoms with Crippen LogP contribution in [0.1, 0.15) is 19.3 Å². The molecule has 3 nitrogen and oxygen atoms in total. The highest BCUT2D eigenvalue weighted by Gasteiger charge is 2.41. The fraction of sp³-hybridized carbons (Fsp3) is 0.600. The largest absolute Gasteiger partial charge is 0.368 e. The van der Waals surface area contributed by atoms with Gasteiger partial charge >= 0.3 is 0 Å². The van der Waals surface area contributed by atoms with Gasteiger partial charge in [0.05, 0.1) is 0 Å². The smallest absolute Gasteiger partial charge is 0.148 e. The van der Waals surface area contributed by atoms with Gasteiger partial charge in [-0.15, -0.1) is 16.7 Å². The molecule has 0 spiro atoms. The molecule has 1 aliphatic carbocycles. The first kappa shape index (κ1) is 9.71. The second-order valence-corrected chi connectivity index (χ2v) is 4.28. The fourth-order valence-electron chi connectivity index (χ4n) is 1.57. The van der Waals surface area contributed by atoms with Crippen LogP contribution >= 0.6 is 11.6 Å². The summed E-state index contributed by atoms with van der Waals surface area (Å²) in [5.41, 5.74) is 0.444. The third-order valence-electron chi connectivity index (χ3n) is 2.80. The van der Waals surface area contributed by atoms with Gasteiger partial charge in [-0.25, -0.2) is 0 Å². The predicted molar refractivity (Wildman–Crippen MR) is 57.5 cm³/mol. The quantitative estimate of drug-likeness (QED) is 0.760. The molecule has 0 radical (unpaired) electrons. The van der Waals surface area contributed by atoms with E-state index in [0.717, 1.165) is 24.7 Å². The minimum absolute atomic E-state index is 0.444. The number of rotatable bonds is 5. The van der Waals surface area contributed by atoms with Crippen LogP contribution in [-0.4, -0.2) is 22.6 Å². The Hall–Kier alpha value is -0.830. The molecule has 0 unspecified atom stereocenters. The lowest BCUT2D eigenvalue weighted by atomic mass is 10.0. The SMILES string of the molecule is ClCCC1(CNc2cccnn2)CC1. The lowest BCUT2D eigenvalue weighted by Gasteiger charge is -2.14. The summed E-state index contributed by atoms with van der Waals surface area (Å²) in [6.07, 6.45) is 5.35. The van der Waals surface area contributed by atoms with Gasteiger partial charge in [-0.1, -0.05) is 0 Å². The van der Waals surface area contributed by atoms with Crippen molar-refractivity contribution in [1.29, 1.82) is 0 Å².